The van der Waals surface area contributed by atoms with Gasteiger partial charge in [-0.3, -0.25) is 0 Å². The van der Waals surface area contributed by atoms with Gasteiger partial charge in [-0.25, -0.2) is 0 Å². The van der Waals surface area contributed by atoms with Gasteiger partial charge in [-0.15, -0.1) is 12.4 Å². The van der Waals surface area contributed by atoms with Crippen molar-refractivity contribution in [3.8, 4) is 5.75 Å². The van der Waals surface area contributed by atoms with Gasteiger partial charge in [0.15, 0.2) is 0 Å². The van der Waals surface area contributed by atoms with Crippen molar-refractivity contribution in [2.45, 2.75) is 26.6 Å². The van der Waals surface area contributed by atoms with Crippen molar-refractivity contribution in [3.63, 3.8) is 0 Å². The number of hydrogen-bond donors (Lipinski definition) is 1. The Balaban J connectivity index is 0.00000208. The molecule has 0 spiro atoms. The van der Waals surface area contributed by atoms with Crippen molar-refractivity contribution in [2.75, 3.05) is 0 Å². The first kappa shape index (κ1) is 18.0. The molecule has 0 atom stereocenters. The summed E-state index contributed by atoms with van der Waals surface area (Å²) in [5.74, 6) is 1.71. The zero-order valence-corrected chi connectivity index (χ0v) is 14.4. The highest BCUT2D eigenvalue weighted by molar-refractivity contribution is 5.85. The fourth-order valence-corrected chi connectivity index (χ4v) is 2.32. The molecule has 3 rings (SSSR count). The van der Waals surface area contributed by atoms with E-state index in [9.17, 15) is 0 Å². The van der Waals surface area contributed by atoms with Crippen LogP contribution in [0.15, 0.2) is 65.2 Å². The zero-order valence-electron chi connectivity index (χ0n) is 13.6. The number of ether oxygens (including phenoxy) is 1. The summed E-state index contributed by atoms with van der Waals surface area (Å²) >= 11 is 0. The van der Waals surface area contributed by atoms with Gasteiger partial charge in [0.2, 0.25) is 0 Å². The Hall–Kier alpha value is -2.30. The Kier molecular flexibility index (Phi) is 6.85. The van der Waals surface area contributed by atoms with Crippen molar-refractivity contribution in [2.24, 2.45) is 0 Å². The van der Waals surface area contributed by atoms with E-state index < -0.39 is 0 Å². The first-order chi connectivity index (χ1) is 11.3. The van der Waals surface area contributed by atoms with E-state index >= 15 is 0 Å². The standard InChI is InChI=1S/C19H20N2O2.ClH/c1-15-10-18(21-23-15)13-20-12-17-8-5-9-19(11-17)22-14-16-6-3-2-4-7-16;/h2-11,20H,12-14H2,1H3;1H. The van der Waals surface area contributed by atoms with E-state index in [-0.39, 0.29) is 12.4 Å². The average Bonchev–Trinajstić information content (AvgIpc) is 3.00. The molecule has 0 aliphatic heterocycles. The molecule has 4 nitrogen and oxygen atoms in total. The quantitative estimate of drug-likeness (QED) is 0.695. The first-order valence-corrected chi connectivity index (χ1v) is 7.68. The van der Waals surface area contributed by atoms with Gasteiger partial charge in [0, 0.05) is 19.2 Å². The minimum Gasteiger partial charge on any atom is -0.489 e. The van der Waals surface area contributed by atoms with Crippen LogP contribution in [-0.2, 0) is 19.7 Å². The fraction of sp³-hybridized carbons (Fsp3) is 0.211. The van der Waals surface area contributed by atoms with Crippen molar-refractivity contribution >= 4 is 12.4 Å². The van der Waals surface area contributed by atoms with Crippen LogP contribution < -0.4 is 10.1 Å². The van der Waals surface area contributed by atoms with Gasteiger partial charge >= 0.3 is 0 Å². The summed E-state index contributed by atoms with van der Waals surface area (Å²) in [5.41, 5.74) is 3.26. The Morgan fingerprint density at radius 1 is 0.958 bits per heavy atom. The topological polar surface area (TPSA) is 47.3 Å². The van der Waals surface area contributed by atoms with E-state index in [2.05, 4.69) is 34.7 Å². The van der Waals surface area contributed by atoms with E-state index in [4.69, 9.17) is 9.26 Å². The zero-order chi connectivity index (χ0) is 15.9. The van der Waals surface area contributed by atoms with Crippen LogP contribution in [0.1, 0.15) is 22.6 Å². The Morgan fingerprint density at radius 3 is 2.50 bits per heavy atom. The number of rotatable bonds is 7. The van der Waals surface area contributed by atoms with Gasteiger partial charge < -0.3 is 14.6 Å². The van der Waals surface area contributed by atoms with Crippen LogP contribution >= 0.6 is 12.4 Å². The number of nitrogens with one attached hydrogen (secondary N) is 1. The number of aromatic nitrogens is 1. The van der Waals surface area contributed by atoms with Crippen LogP contribution in [0.2, 0.25) is 0 Å². The van der Waals surface area contributed by atoms with Gasteiger partial charge in [0.1, 0.15) is 18.1 Å². The second-order valence-corrected chi connectivity index (χ2v) is 5.45. The monoisotopic (exact) mass is 344 g/mol. The highest BCUT2D eigenvalue weighted by Gasteiger charge is 2.01. The normalized spacial score (nSPS) is 10.2. The maximum absolute atomic E-state index is 5.85. The lowest BCUT2D eigenvalue weighted by Gasteiger charge is -2.08. The Bertz CT molecular complexity index is 744. The third-order valence-electron chi connectivity index (χ3n) is 3.46. The van der Waals surface area contributed by atoms with E-state index in [1.807, 2.05) is 43.3 Å². The highest BCUT2D eigenvalue weighted by atomic mass is 35.5. The molecular weight excluding hydrogens is 324 g/mol. The number of benzene rings is 2. The summed E-state index contributed by atoms with van der Waals surface area (Å²) in [6, 6.07) is 20.2. The van der Waals surface area contributed by atoms with Crippen molar-refractivity contribution in [1.82, 2.24) is 10.5 Å². The lowest BCUT2D eigenvalue weighted by molar-refractivity contribution is 0.306. The highest BCUT2D eigenvalue weighted by Crippen LogP contribution is 2.15. The molecule has 2 aromatic carbocycles. The molecular formula is C19H21ClN2O2. The molecule has 0 aliphatic rings. The molecule has 0 radical (unpaired) electrons. The largest absolute Gasteiger partial charge is 0.489 e. The second-order valence-electron chi connectivity index (χ2n) is 5.45. The SMILES string of the molecule is Cc1cc(CNCc2cccc(OCc3ccccc3)c2)no1.Cl. The summed E-state index contributed by atoms with van der Waals surface area (Å²) < 4.78 is 10.9. The van der Waals surface area contributed by atoms with E-state index in [1.54, 1.807) is 0 Å². The number of halogens is 1. The first-order valence-electron chi connectivity index (χ1n) is 7.68. The molecule has 24 heavy (non-hydrogen) atoms. The summed E-state index contributed by atoms with van der Waals surface area (Å²) in [6.45, 7) is 3.92. The molecule has 5 heteroatoms. The maximum atomic E-state index is 5.85. The molecule has 126 valence electrons. The molecule has 1 N–H and O–H groups in total. The smallest absolute Gasteiger partial charge is 0.133 e. The van der Waals surface area contributed by atoms with E-state index in [0.717, 1.165) is 29.3 Å². The average molecular weight is 345 g/mol. The van der Waals surface area contributed by atoms with Crippen LogP contribution in [0.5, 0.6) is 5.75 Å². The van der Waals surface area contributed by atoms with Crippen LogP contribution in [0, 0.1) is 6.92 Å². The van der Waals surface area contributed by atoms with Crippen molar-refractivity contribution < 1.29 is 9.26 Å². The predicted octanol–water partition coefficient (Wildman–Crippen LogP) is 4.27. The van der Waals surface area contributed by atoms with Gasteiger partial charge in [0.25, 0.3) is 0 Å². The maximum Gasteiger partial charge on any atom is 0.133 e. The molecule has 3 aromatic rings. The van der Waals surface area contributed by atoms with Crippen molar-refractivity contribution in [3.05, 3.63) is 83.2 Å². The van der Waals surface area contributed by atoms with Crippen molar-refractivity contribution in [1.29, 1.82) is 0 Å². The van der Waals surface area contributed by atoms with Gasteiger partial charge in [-0.2, -0.15) is 0 Å². The van der Waals surface area contributed by atoms with E-state index in [0.29, 0.717) is 13.2 Å². The fourth-order valence-electron chi connectivity index (χ4n) is 2.32. The predicted molar refractivity (Wildman–Crippen MR) is 96.2 cm³/mol. The molecule has 0 fully saturated rings. The van der Waals surface area contributed by atoms with Gasteiger partial charge in [-0.05, 0) is 30.2 Å². The third-order valence-corrected chi connectivity index (χ3v) is 3.46. The molecule has 0 unspecified atom stereocenters. The molecule has 0 aliphatic carbocycles. The van der Waals surface area contributed by atoms with Crippen LogP contribution in [0.4, 0.5) is 0 Å². The molecule has 0 saturated heterocycles. The lowest BCUT2D eigenvalue weighted by Crippen LogP contribution is -2.12. The van der Waals surface area contributed by atoms with Crippen LogP contribution in [-0.4, -0.2) is 5.16 Å². The summed E-state index contributed by atoms with van der Waals surface area (Å²) in [6.07, 6.45) is 0. The molecule has 0 amide bonds. The van der Waals surface area contributed by atoms with E-state index in [1.165, 1.54) is 5.56 Å². The van der Waals surface area contributed by atoms with Gasteiger partial charge in [0.05, 0.1) is 5.69 Å². The van der Waals surface area contributed by atoms with Crippen LogP contribution in [0.3, 0.4) is 0 Å². The minimum absolute atomic E-state index is 0. The lowest BCUT2D eigenvalue weighted by atomic mass is 10.2. The number of aryl methyl sites for hydroxylation is 1. The number of hydrogen-bond acceptors (Lipinski definition) is 4. The van der Waals surface area contributed by atoms with Crippen LogP contribution in [0.25, 0.3) is 0 Å². The third kappa shape index (κ3) is 5.41. The Labute approximate surface area is 148 Å². The molecule has 0 bridgehead atoms. The molecule has 1 heterocycles. The molecule has 1 aromatic heterocycles. The molecule has 0 saturated carbocycles. The second kappa shape index (κ2) is 9.11. The Morgan fingerprint density at radius 2 is 1.75 bits per heavy atom. The number of nitrogens with zero attached hydrogens (tertiary/aromatic N) is 1. The summed E-state index contributed by atoms with van der Waals surface area (Å²) in [7, 11) is 0. The summed E-state index contributed by atoms with van der Waals surface area (Å²) in [4.78, 5) is 0. The summed E-state index contributed by atoms with van der Waals surface area (Å²) in [5, 5.41) is 7.32. The van der Waals surface area contributed by atoms with Gasteiger partial charge in [-0.1, -0.05) is 47.6 Å². The minimum atomic E-state index is 0.